The minimum absolute atomic E-state index is 0.121. The molecule has 1 aliphatic carbocycles. The SMILES string of the molecule is CC(C)CS(=O)(=O)C1CCC(N)CC1. The Hall–Kier alpha value is -0.0900. The molecule has 4 heteroatoms. The maximum Gasteiger partial charge on any atom is 0.153 e. The van der Waals surface area contributed by atoms with Gasteiger partial charge in [0.05, 0.1) is 11.0 Å². The lowest BCUT2D eigenvalue weighted by molar-refractivity contribution is 0.432. The first-order valence-corrected chi connectivity index (χ1v) is 7.10. The number of hydrogen-bond acceptors (Lipinski definition) is 3. The van der Waals surface area contributed by atoms with E-state index in [4.69, 9.17) is 5.73 Å². The molecule has 0 unspecified atom stereocenters. The van der Waals surface area contributed by atoms with Gasteiger partial charge in [0.1, 0.15) is 0 Å². The van der Waals surface area contributed by atoms with Gasteiger partial charge in [-0.1, -0.05) is 13.8 Å². The number of sulfone groups is 1. The molecule has 84 valence electrons. The first-order chi connectivity index (χ1) is 6.42. The van der Waals surface area contributed by atoms with E-state index in [1.807, 2.05) is 13.8 Å². The van der Waals surface area contributed by atoms with Gasteiger partial charge < -0.3 is 5.73 Å². The van der Waals surface area contributed by atoms with Gasteiger partial charge in [-0.05, 0) is 31.6 Å². The predicted molar refractivity (Wildman–Crippen MR) is 58.9 cm³/mol. The highest BCUT2D eigenvalue weighted by Gasteiger charge is 2.29. The maximum absolute atomic E-state index is 11.9. The molecular weight excluding hydrogens is 198 g/mol. The summed E-state index contributed by atoms with van der Waals surface area (Å²) >= 11 is 0. The molecule has 0 radical (unpaired) electrons. The van der Waals surface area contributed by atoms with Crippen LogP contribution in [-0.2, 0) is 9.84 Å². The molecule has 1 aliphatic rings. The van der Waals surface area contributed by atoms with Crippen molar-refractivity contribution in [1.29, 1.82) is 0 Å². The minimum atomic E-state index is -2.86. The van der Waals surface area contributed by atoms with Crippen molar-refractivity contribution < 1.29 is 8.42 Å². The van der Waals surface area contributed by atoms with E-state index in [9.17, 15) is 8.42 Å². The summed E-state index contributed by atoms with van der Waals surface area (Å²) in [6, 6.07) is 0.223. The summed E-state index contributed by atoms with van der Waals surface area (Å²) in [6.07, 6.45) is 3.25. The highest BCUT2D eigenvalue weighted by molar-refractivity contribution is 7.92. The second-order valence-electron chi connectivity index (χ2n) is 4.76. The van der Waals surface area contributed by atoms with E-state index >= 15 is 0 Å². The fourth-order valence-corrected chi connectivity index (χ4v) is 4.24. The lowest BCUT2D eigenvalue weighted by Crippen LogP contribution is -2.35. The van der Waals surface area contributed by atoms with Crippen LogP contribution in [0, 0.1) is 5.92 Å². The van der Waals surface area contributed by atoms with Crippen molar-refractivity contribution in [3.8, 4) is 0 Å². The third-order valence-electron chi connectivity index (χ3n) is 2.79. The topological polar surface area (TPSA) is 60.2 Å². The fourth-order valence-electron chi connectivity index (χ4n) is 2.05. The predicted octanol–water partition coefficient (Wildman–Crippen LogP) is 1.33. The average molecular weight is 219 g/mol. The summed E-state index contributed by atoms with van der Waals surface area (Å²) < 4.78 is 23.7. The Morgan fingerprint density at radius 3 is 2.14 bits per heavy atom. The normalized spacial score (nSPS) is 29.4. The summed E-state index contributed by atoms with van der Waals surface area (Å²) in [5, 5.41) is -0.121. The van der Waals surface area contributed by atoms with Crippen molar-refractivity contribution in [2.24, 2.45) is 11.7 Å². The summed E-state index contributed by atoms with van der Waals surface area (Å²) in [5.41, 5.74) is 5.75. The van der Waals surface area contributed by atoms with Crippen LogP contribution in [0.5, 0.6) is 0 Å². The first-order valence-electron chi connectivity index (χ1n) is 5.39. The molecule has 1 rings (SSSR count). The van der Waals surface area contributed by atoms with Crippen molar-refractivity contribution >= 4 is 9.84 Å². The molecule has 2 N–H and O–H groups in total. The third-order valence-corrected chi connectivity index (χ3v) is 5.41. The molecule has 0 bridgehead atoms. The van der Waals surface area contributed by atoms with Crippen molar-refractivity contribution in [2.45, 2.75) is 50.8 Å². The molecule has 3 nitrogen and oxygen atoms in total. The number of hydrogen-bond donors (Lipinski definition) is 1. The van der Waals surface area contributed by atoms with E-state index in [2.05, 4.69) is 0 Å². The van der Waals surface area contributed by atoms with Gasteiger partial charge in [-0.2, -0.15) is 0 Å². The average Bonchev–Trinajstić information content (AvgIpc) is 2.02. The lowest BCUT2D eigenvalue weighted by Gasteiger charge is -2.26. The van der Waals surface area contributed by atoms with E-state index in [1.165, 1.54) is 0 Å². The second-order valence-corrected chi connectivity index (χ2v) is 7.09. The van der Waals surface area contributed by atoms with Crippen LogP contribution in [0.4, 0.5) is 0 Å². The quantitative estimate of drug-likeness (QED) is 0.779. The van der Waals surface area contributed by atoms with E-state index < -0.39 is 9.84 Å². The van der Waals surface area contributed by atoms with Crippen molar-refractivity contribution in [2.75, 3.05) is 5.75 Å². The first kappa shape index (κ1) is 12.0. The summed E-state index contributed by atoms with van der Waals surface area (Å²) in [4.78, 5) is 0. The highest BCUT2D eigenvalue weighted by atomic mass is 32.2. The Labute approximate surface area is 87.0 Å². The van der Waals surface area contributed by atoms with Gasteiger partial charge in [-0.25, -0.2) is 8.42 Å². The van der Waals surface area contributed by atoms with Crippen molar-refractivity contribution in [1.82, 2.24) is 0 Å². The van der Waals surface area contributed by atoms with E-state index in [0.717, 1.165) is 25.7 Å². The van der Waals surface area contributed by atoms with Crippen LogP contribution >= 0.6 is 0 Å². The van der Waals surface area contributed by atoms with Gasteiger partial charge in [0, 0.05) is 6.04 Å². The van der Waals surface area contributed by atoms with Gasteiger partial charge in [0.15, 0.2) is 9.84 Å². The Kier molecular flexibility index (Phi) is 3.95. The van der Waals surface area contributed by atoms with E-state index in [-0.39, 0.29) is 17.2 Å². The molecule has 0 aromatic rings. The molecule has 1 saturated carbocycles. The Bertz CT molecular complexity index is 264. The summed E-state index contributed by atoms with van der Waals surface area (Å²) in [6.45, 7) is 3.90. The van der Waals surface area contributed by atoms with Gasteiger partial charge in [-0.3, -0.25) is 0 Å². The van der Waals surface area contributed by atoms with Crippen LogP contribution in [-0.4, -0.2) is 25.5 Å². The van der Waals surface area contributed by atoms with Crippen LogP contribution in [0.1, 0.15) is 39.5 Å². The largest absolute Gasteiger partial charge is 0.328 e. The summed E-state index contributed by atoms with van der Waals surface area (Å²) in [7, 11) is -2.86. The molecule has 0 spiro atoms. The van der Waals surface area contributed by atoms with Gasteiger partial charge in [-0.15, -0.1) is 0 Å². The van der Waals surface area contributed by atoms with Gasteiger partial charge in [0.25, 0.3) is 0 Å². The van der Waals surface area contributed by atoms with Crippen molar-refractivity contribution in [3.05, 3.63) is 0 Å². The number of nitrogens with two attached hydrogens (primary N) is 1. The van der Waals surface area contributed by atoms with E-state index in [0.29, 0.717) is 5.75 Å². The highest BCUT2D eigenvalue weighted by Crippen LogP contribution is 2.24. The molecule has 0 aliphatic heterocycles. The fraction of sp³-hybridized carbons (Fsp3) is 1.00. The monoisotopic (exact) mass is 219 g/mol. The zero-order valence-electron chi connectivity index (χ0n) is 9.07. The van der Waals surface area contributed by atoms with E-state index in [1.54, 1.807) is 0 Å². The number of rotatable bonds is 3. The zero-order valence-corrected chi connectivity index (χ0v) is 9.89. The van der Waals surface area contributed by atoms with Crippen LogP contribution < -0.4 is 5.73 Å². The van der Waals surface area contributed by atoms with Crippen molar-refractivity contribution in [3.63, 3.8) is 0 Å². The molecular formula is C10H21NO2S. The van der Waals surface area contributed by atoms with Gasteiger partial charge in [0.2, 0.25) is 0 Å². The Morgan fingerprint density at radius 1 is 1.21 bits per heavy atom. The summed E-state index contributed by atoms with van der Waals surface area (Å²) in [5.74, 6) is 0.558. The van der Waals surface area contributed by atoms with Crippen LogP contribution in [0.3, 0.4) is 0 Å². The molecule has 0 aromatic heterocycles. The molecule has 0 atom stereocenters. The molecule has 0 amide bonds. The second kappa shape index (κ2) is 4.62. The Morgan fingerprint density at radius 2 is 1.71 bits per heavy atom. The molecule has 14 heavy (non-hydrogen) atoms. The maximum atomic E-state index is 11.9. The molecule has 0 saturated heterocycles. The molecule has 1 fully saturated rings. The molecule has 0 heterocycles. The van der Waals surface area contributed by atoms with Crippen LogP contribution in [0.15, 0.2) is 0 Å². The lowest BCUT2D eigenvalue weighted by atomic mass is 9.96. The van der Waals surface area contributed by atoms with Crippen LogP contribution in [0.25, 0.3) is 0 Å². The standard InChI is InChI=1S/C10H21NO2S/c1-8(2)7-14(12,13)10-5-3-9(11)4-6-10/h8-10H,3-7,11H2,1-2H3. The minimum Gasteiger partial charge on any atom is -0.328 e. The molecule has 0 aromatic carbocycles. The third kappa shape index (κ3) is 3.24. The zero-order chi connectivity index (χ0) is 10.8. The Balaban J connectivity index is 2.56. The van der Waals surface area contributed by atoms with Crippen LogP contribution in [0.2, 0.25) is 0 Å². The smallest absolute Gasteiger partial charge is 0.153 e. The van der Waals surface area contributed by atoms with Gasteiger partial charge >= 0.3 is 0 Å².